The first-order chi connectivity index (χ1) is 7.25. The van der Waals surface area contributed by atoms with Crippen LogP contribution in [0.5, 0.6) is 0 Å². The van der Waals surface area contributed by atoms with Crippen LogP contribution in [0.4, 0.5) is 0 Å². The zero-order valence-electron chi connectivity index (χ0n) is 8.34. The van der Waals surface area contributed by atoms with Crippen molar-refractivity contribution >= 4 is 22.8 Å². The number of benzene rings is 1. The number of hydrogen-bond acceptors (Lipinski definition) is 3. The summed E-state index contributed by atoms with van der Waals surface area (Å²) in [5.74, 6) is 0.00459. The van der Waals surface area contributed by atoms with E-state index in [-0.39, 0.29) is 5.78 Å². The van der Waals surface area contributed by atoms with Crippen molar-refractivity contribution in [3.63, 3.8) is 0 Å². The molecule has 15 heavy (non-hydrogen) atoms. The number of ketones is 1. The third kappa shape index (κ3) is 2.26. The molecule has 0 saturated carbocycles. The van der Waals surface area contributed by atoms with Crippen LogP contribution in [0.1, 0.15) is 12.6 Å². The Kier molecular flexibility index (Phi) is 2.54. The van der Waals surface area contributed by atoms with E-state index >= 15 is 0 Å². The normalized spacial score (nSPS) is 11.0. The molecule has 0 radical (unpaired) electrons. The van der Waals surface area contributed by atoms with E-state index < -0.39 is 0 Å². The highest BCUT2D eigenvalue weighted by molar-refractivity contribution is 5.91. The van der Waals surface area contributed by atoms with E-state index in [0.717, 1.165) is 10.9 Å². The van der Waals surface area contributed by atoms with Crippen molar-refractivity contribution in [2.24, 2.45) is 0 Å². The van der Waals surface area contributed by atoms with E-state index in [9.17, 15) is 4.79 Å². The highest BCUT2D eigenvalue weighted by atomic mass is 16.1. The van der Waals surface area contributed by atoms with Gasteiger partial charge < -0.3 is 0 Å². The molecule has 74 valence electrons. The van der Waals surface area contributed by atoms with Crippen LogP contribution < -0.4 is 0 Å². The third-order valence-corrected chi connectivity index (χ3v) is 2.00. The number of allylic oxidation sites excluding steroid dienone is 1. The van der Waals surface area contributed by atoms with Crippen molar-refractivity contribution in [2.75, 3.05) is 0 Å². The molecular weight excluding hydrogens is 188 g/mol. The van der Waals surface area contributed by atoms with Gasteiger partial charge in [-0.05, 0) is 31.2 Å². The molecule has 2 aromatic rings. The summed E-state index contributed by atoms with van der Waals surface area (Å²) < 4.78 is 0. The molecular formula is C12H10N2O. The van der Waals surface area contributed by atoms with Crippen molar-refractivity contribution in [3.8, 4) is 0 Å². The average molecular weight is 198 g/mol. The molecule has 0 spiro atoms. The lowest BCUT2D eigenvalue weighted by atomic mass is 10.2. The summed E-state index contributed by atoms with van der Waals surface area (Å²) in [6.07, 6.45) is 3.15. The quantitative estimate of drug-likeness (QED) is 0.695. The Morgan fingerprint density at radius 2 is 2.07 bits per heavy atom. The standard InChI is InChI=1S/C12H10N2O/c1-9(15)6-7-11-8-10-4-2-3-5-12(10)14-13-11/h2-8H,1H3/b7-6-. The molecule has 0 unspecified atom stereocenters. The highest BCUT2D eigenvalue weighted by Crippen LogP contribution is 2.11. The van der Waals surface area contributed by atoms with Crippen LogP contribution in [-0.2, 0) is 4.79 Å². The maximum Gasteiger partial charge on any atom is 0.152 e. The van der Waals surface area contributed by atoms with Gasteiger partial charge in [-0.3, -0.25) is 4.79 Å². The summed E-state index contributed by atoms with van der Waals surface area (Å²) in [5.41, 5.74) is 1.56. The number of carbonyl (C=O) groups is 1. The van der Waals surface area contributed by atoms with Gasteiger partial charge in [-0.25, -0.2) is 0 Å². The zero-order valence-corrected chi connectivity index (χ0v) is 8.34. The summed E-state index contributed by atoms with van der Waals surface area (Å²) in [4.78, 5) is 10.7. The number of hydrogen-bond donors (Lipinski definition) is 0. The Labute approximate surface area is 87.5 Å². The maximum atomic E-state index is 10.7. The molecule has 1 heterocycles. The molecule has 0 N–H and O–H groups in total. The first-order valence-electron chi connectivity index (χ1n) is 4.67. The van der Waals surface area contributed by atoms with E-state index in [1.54, 1.807) is 6.08 Å². The van der Waals surface area contributed by atoms with Crippen molar-refractivity contribution in [1.82, 2.24) is 10.2 Å². The Hall–Kier alpha value is -2.03. The van der Waals surface area contributed by atoms with Gasteiger partial charge >= 0.3 is 0 Å². The number of aromatic nitrogens is 2. The second-order valence-corrected chi connectivity index (χ2v) is 3.27. The first-order valence-corrected chi connectivity index (χ1v) is 4.67. The maximum absolute atomic E-state index is 10.7. The van der Waals surface area contributed by atoms with Gasteiger partial charge in [0.25, 0.3) is 0 Å². The van der Waals surface area contributed by atoms with Crippen LogP contribution in [0.15, 0.2) is 36.4 Å². The van der Waals surface area contributed by atoms with Crippen LogP contribution >= 0.6 is 0 Å². The van der Waals surface area contributed by atoms with Crippen molar-refractivity contribution in [1.29, 1.82) is 0 Å². The van der Waals surface area contributed by atoms with E-state index in [0.29, 0.717) is 5.69 Å². The van der Waals surface area contributed by atoms with Gasteiger partial charge in [0.1, 0.15) is 0 Å². The van der Waals surface area contributed by atoms with Gasteiger partial charge in [0.05, 0.1) is 11.2 Å². The smallest absolute Gasteiger partial charge is 0.152 e. The lowest BCUT2D eigenvalue weighted by Crippen LogP contribution is -1.88. The molecule has 2 rings (SSSR count). The SMILES string of the molecule is CC(=O)/C=C\c1cc2ccccc2nn1. The molecule has 3 nitrogen and oxygen atoms in total. The monoisotopic (exact) mass is 198 g/mol. The predicted molar refractivity (Wildman–Crippen MR) is 59.3 cm³/mol. The van der Waals surface area contributed by atoms with Gasteiger partial charge in [0, 0.05) is 5.39 Å². The van der Waals surface area contributed by atoms with E-state index in [1.807, 2.05) is 30.3 Å². The molecule has 1 aromatic carbocycles. The predicted octanol–water partition coefficient (Wildman–Crippen LogP) is 2.23. The minimum Gasteiger partial charge on any atom is -0.295 e. The Balaban J connectivity index is 2.43. The van der Waals surface area contributed by atoms with Gasteiger partial charge in [0.15, 0.2) is 5.78 Å². The Morgan fingerprint density at radius 1 is 1.27 bits per heavy atom. The molecule has 0 bridgehead atoms. The van der Waals surface area contributed by atoms with E-state index in [1.165, 1.54) is 13.0 Å². The fraction of sp³-hybridized carbons (Fsp3) is 0.0833. The summed E-state index contributed by atoms with van der Waals surface area (Å²) >= 11 is 0. The Morgan fingerprint density at radius 3 is 2.87 bits per heavy atom. The summed E-state index contributed by atoms with van der Waals surface area (Å²) in [7, 11) is 0. The number of rotatable bonds is 2. The molecule has 0 fully saturated rings. The second-order valence-electron chi connectivity index (χ2n) is 3.27. The van der Waals surface area contributed by atoms with Crippen LogP contribution in [0.25, 0.3) is 17.0 Å². The number of carbonyl (C=O) groups excluding carboxylic acids is 1. The fourth-order valence-corrected chi connectivity index (χ4v) is 1.28. The summed E-state index contributed by atoms with van der Waals surface area (Å²) in [5, 5.41) is 9.06. The van der Waals surface area contributed by atoms with Crippen molar-refractivity contribution < 1.29 is 4.79 Å². The van der Waals surface area contributed by atoms with Crippen molar-refractivity contribution in [2.45, 2.75) is 6.92 Å². The lowest BCUT2D eigenvalue weighted by molar-refractivity contribution is -0.112. The second kappa shape index (κ2) is 4.00. The first kappa shape index (κ1) is 9.52. The molecule has 0 amide bonds. The van der Waals surface area contributed by atoms with Gasteiger partial charge in [0.2, 0.25) is 0 Å². The molecule has 0 aliphatic heterocycles. The molecule has 0 aliphatic rings. The third-order valence-electron chi connectivity index (χ3n) is 2.00. The lowest BCUT2D eigenvalue weighted by Gasteiger charge is -1.96. The molecule has 0 atom stereocenters. The number of nitrogens with zero attached hydrogens (tertiary/aromatic N) is 2. The van der Waals surface area contributed by atoms with Gasteiger partial charge in [-0.2, -0.15) is 5.10 Å². The minimum absolute atomic E-state index is 0.00459. The molecule has 3 heteroatoms. The average Bonchev–Trinajstić information content (AvgIpc) is 2.26. The van der Waals surface area contributed by atoms with Crippen LogP contribution in [0.2, 0.25) is 0 Å². The highest BCUT2D eigenvalue weighted by Gasteiger charge is 1.95. The van der Waals surface area contributed by atoms with Gasteiger partial charge in [-0.15, -0.1) is 5.10 Å². The van der Waals surface area contributed by atoms with E-state index in [2.05, 4.69) is 10.2 Å². The Bertz CT molecular complexity index is 532. The fourth-order valence-electron chi connectivity index (χ4n) is 1.28. The number of fused-ring (bicyclic) bond motifs is 1. The zero-order chi connectivity index (χ0) is 10.7. The van der Waals surface area contributed by atoms with Crippen LogP contribution in [0.3, 0.4) is 0 Å². The molecule has 1 aromatic heterocycles. The molecule has 0 saturated heterocycles. The van der Waals surface area contributed by atoms with Crippen LogP contribution in [-0.4, -0.2) is 16.0 Å². The molecule has 0 aliphatic carbocycles. The topological polar surface area (TPSA) is 42.9 Å². The summed E-state index contributed by atoms with van der Waals surface area (Å²) in [6, 6.07) is 9.64. The van der Waals surface area contributed by atoms with E-state index in [4.69, 9.17) is 0 Å². The minimum atomic E-state index is 0.00459. The van der Waals surface area contributed by atoms with Gasteiger partial charge in [-0.1, -0.05) is 18.2 Å². The van der Waals surface area contributed by atoms with Crippen LogP contribution in [0, 0.1) is 0 Å². The summed E-state index contributed by atoms with van der Waals surface area (Å²) in [6.45, 7) is 1.50. The van der Waals surface area contributed by atoms with Crippen molar-refractivity contribution in [3.05, 3.63) is 42.1 Å². The largest absolute Gasteiger partial charge is 0.295 e.